The largest absolute Gasteiger partial charge is 0.476 e. The molecule has 0 heterocycles. The Kier molecular flexibility index (Phi) is 6.54. The molecule has 2 aliphatic carbocycles. The number of carboxylic acid groups (broad SMARTS) is 1. The maximum atomic E-state index is 13.6. The van der Waals surface area contributed by atoms with Crippen molar-refractivity contribution in [2.45, 2.75) is 76.4 Å². The van der Waals surface area contributed by atoms with Crippen molar-refractivity contribution in [1.82, 2.24) is 0 Å². The number of esters is 1. The Hall–Kier alpha value is -1.49. The molecule has 0 saturated heterocycles. The fourth-order valence-electron chi connectivity index (χ4n) is 4.93. The number of carbonyl (C=O) groups excluding carboxylic acids is 1. The summed E-state index contributed by atoms with van der Waals surface area (Å²) in [5, 5.41) is 19.7. The van der Waals surface area contributed by atoms with Crippen molar-refractivity contribution in [1.29, 1.82) is 0 Å². The summed E-state index contributed by atoms with van der Waals surface area (Å²) in [6, 6.07) is 0. The summed E-state index contributed by atoms with van der Waals surface area (Å²) in [7, 11) is 0. The molecule has 0 radical (unpaired) electrons. The van der Waals surface area contributed by atoms with Crippen molar-refractivity contribution in [2.75, 3.05) is 6.61 Å². The second-order valence-corrected chi connectivity index (χ2v) is 8.61. The summed E-state index contributed by atoms with van der Waals surface area (Å²) in [4.78, 5) is 24.4. The fraction of sp³-hybridized carbons (Fsp3) is 0.889. The highest BCUT2D eigenvalue weighted by Crippen LogP contribution is 2.55. The molecule has 168 valence electrons. The molecule has 5 atom stereocenters. The van der Waals surface area contributed by atoms with Gasteiger partial charge in [-0.15, -0.1) is 0 Å². The van der Waals surface area contributed by atoms with Gasteiger partial charge in [0.2, 0.25) is 6.43 Å². The molecule has 6 nitrogen and oxygen atoms in total. The quantitative estimate of drug-likeness (QED) is 0.363. The van der Waals surface area contributed by atoms with Gasteiger partial charge in [0.1, 0.15) is 0 Å². The summed E-state index contributed by atoms with van der Waals surface area (Å²) in [6.45, 7) is 1.99. The van der Waals surface area contributed by atoms with Crippen LogP contribution in [0.5, 0.6) is 0 Å². The van der Waals surface area contributed by atoms with Crippen molar-refractivity contribution < 1.29 is 51.2 Å². The van der Waals surface area contributed by atoms with Crippen LogP contribution in [-0.4, -0.2) is 52.7 Å². The highest BCUT2D eigenvalue weighted by atomic mass is 19.4. The van der Waals surface area contributed by atoms with Crippen molar-refractivity contribution in [3.8, 4) is 0 Å². The van der Waals surface area contributed by atoms with Gasteiger partial charge in [-0.05, 0) is 50.9 Å². The summed E-state index contributed by atoms with van der Waals surface area (Å²) < 4.78 is 74.1. The summed E-state index contributed by atoms with van der Waals surface area (Å²) in [5.41, 5.74) is -2.84. The lowest BCUT2D eigenvalue weighted by Crippen LogP contribution is -2.61. The van der Waals surface area contributed by atoms with E-state index in [9.17, 15) is 41.8 Å². The van der Waals surface area contributed by atoms with E-state index in [1.807, 2.05) is 6.92 Å². The highest BCUT2D eigenvalue weighted by molar-refractivity contribution is 5.84. The first-order valence-corrected chi connectivity index (χ1v) is 9.30. The minimum atomic E-state index is -5.70. The average Bonchev–Trinajstić information content (AvgIpc) is 2.49. The lowest BCUT2D eigenvalue weighted by atomic mass is 9.55. The molecule has 0 aromatic heterocycles. The van der Waals surface area contributed by atoms with E-state index in [1.54, 1.807) is 0 Å². The maximum absolute atomic E-state index is 13.6. The van der Waals surface area contributed by atoms with Crippen LogP contribution in [0, 0.1) is 17.3 Å². The van der Waals surface area contributed by atoms with E-state index in [0.29, 0.717) is 12.8 Å². The number of ether oxygens (including phenoxy) is 2. The molecule has 29 heavy (non-hydrogen) atoms. The molecule has 5 unspecified atom stereocenters. The van der Waals surface area contributed by atoms with Gasteiger partial charge in [-0.2, -0.15) is 13.2 Å². The molecule has 2 bridgehead atoms. The van der Waals surface area contributed by atoms with E-state index in [1.165, 1.54) is 6.92 Å². The Balaban J connectivity index is 2.35. The van der Waals surface area contributed by atoms with Gasteiger partial charge in [-0.3, -0.25) is 4.79 Å². The number of carbonyl (C=O) groups is 2. The fourth-order valence-corrected chi connectivity index (χ4v) is 4.93. The van der Waals surface area contributed by atoms with Crippen LogP contribution in [0.2, 0.25) is 0 Å². The monoisotopic (exact) mass is 432 g/mol. The van der Waals surface area contributed by atoms with Crippen LogP contribution in [0.25, 0.3) is 0 Å². The third-order valence-corrected chi connectivity index (χ3v) is 5.57. The highest BCUT2D eigenvalue weighted by Gasteiger charge is 2.68. The van der Waals surface area contributed by atoms with Gasteiger partial charge in [0, 0.05) is 6.42 Å². The number of fused-ring (bicyclic) bond motifs is 2. The first-order chi connectivity index (χ1) is 13.1. The van der Waals surface area contributed by atoms with Crippen LogP contribution in [0.3, 0.4) is 0 Å². The second-order valence-electron chi connectivity index (χ2n) is 8.61. The summed E-state index contributed by atoms with van der Waals surface area (Å²) in [5.74, 6) is -8.70. The van der Waals surface area contributed by atoms with Crippen LogP contribution < -0.4 is 0 Å². The molecule has 2 rings (SSSR count). The molecule has 2 saturated carbocycles. The predicted octanol–water partition coefficient (Wildman–Crippen LogP) is 3.51. The van der Waals surface area contributed by atoms with Gasteiger partial charge >= 0.3 is 23.9 Å². The zero-order chi connectivity index (χ0) is 22.3. The second kappa shape index (κ2) is 7.98. The van der Waals surface area contributed by atoms with E-state index in [2.05, 4.69) is 9.47 Å². The molecule has 0 amide bonds. The summed E-state index contributed by atoms with van der Waals surface area (Å²) >= 11 is 0. The van der Waals surface area contributed by atoms with Gasteiger partial charge in [-0.25, -0.2) is 13.6 Å². The number of hydrogen-bond acceptors (Lipinski definition) is 5. The molecule has 2 aliphatic rings. The van der Waals surface area contributed by atoms with E-state index in [-0.39, 0.29) is 31.1 Å². The minimum absolute atomic E-state index is 0.0535. The van der Waals surface area contributed by atoms with Gasteiger partial charge in [0.05, 0.1) is 17.6 Å². The van der Waals surface area contributed by atoms with Gasteiger partial charge in [0.25, 0.3) is 0 Å². The first kappa shape index (κ1) is 23.8. The normalized spacial score (nSPS) is 34.5. The zero-order valence-corrected chi connectivity index (χ0v) is 16.1. The topological polar surface area (TPSA) is 93.1 Å². The average molecular weight is 432 g/mol. The molecule has 0 aromatic carbocycles. The zero-order valence-electron chi connectivity index (χ0n) is 16.1. The van der Waals surface area contributed by atoms with Crippen molar-refractivity contribution >= 4 is 11.9 Å². The Morgan fingerprint density at radius 1 is 1.21 bits per heavy atom. The van der Waals surface area contributed by atoms with Gasteiger partial charge < -0.3 is 19.7 Å². The van der Waals surface area contributed by atoms with Crippen LogP contribution in [0.15, 0.2) is 0 Å². The number of hydrogen-bond donors (Lipinski definition) is 2. The Labute approximate surface area is 164 Å². The lowest BCUT2D eigenvalue weighted by Gasteiger charge is -2.51. The van der Waals surface area contributed by atoms with Crippen molar-refractivity contribution in [2.24, 2.45) is 17.3 Å². The Bertz CT molecular complexity index is 633. The number of aliphatic carboxylic acids is 1. The van der Waals surface area contributed by atoms with Crippen LogP contribution in [0.4, 0.5) is 22.0 Å². The predicted molar refractivity (Wildman–Crippen MR) is 87.9 cm³/mol. The molecule has 0 aromatic rings. The van der Waals surface area contributed by atoms with Crippen LogP contribution in [-0.2, 0) is 19.1 Å². The Morgan fingerprint density at radius 3 is 2.34 bits per heavy atom. The van der Waals surface area contributed by atoms with E-state index in [0.717, 1.165) is 0 Å². The van der Waals surface area contributed by atoms with E-state index < -0.39 is 54.4 Å². The number of halogens is 5. The van der Waals surface area contributed by atoms with Crippen LogP contribution >= 0.6 is 0 Å². The SMILES string of the molecule is CC1CC2CC(C)(O)CC(C(=O)OC(OCCC(F)F)(C(=O)O)C(F)(F)F)(C1)C2. The van der Waals surface area contributed by atoms with Gasteiger partial charge in [-0.1, -0.05) is 6.92 Å². The minimum Gasteiger partial charge on any atom is -0.476 e. The molecule has 2 fully saturated rings. The molecular formula is C18H25F5O6. The number of alkyl halides is 5. The molecule has 0 aliphatic heterocycles. The van der Waals surface area contributed by atoms with E-state index >= 15 is 0 Å². The number of rotatable bonds is 7. The maximum Gasteiger partial charge on any atom is 0.468 e. The molecule has 2 N–H and O–H groups in total. The molecule has 0 spiro atoms. The van der Waals surface area contributed by atoms with Crippen molar-refractivity contribution in [3.05, 3.63) is 0 Å². The smallest absolute Gasteiger partial charge is 0.468 e. The van der Waals surface area contributed by atoms with Crippen LogP contribution in [0.1, 0.15) is 52.4 Å². The molecular weight excluding hydrogens is 407 g/mol. The summed E-state index contributed by atoms with van der Waals surface area (Å²) in [6.07, 6.45) is -8.80. The lowest BCUT2D eigenvalue weighted by molar-refractivity contribution is -0.358. The standard InChI is InChI=1S/C18H25F5O6/c1-10-5-11-7-15(2,27)9-16(6-10,8-11)14(26)29-17(13(24)25,18(21,22)23)28-4-3-12(19)20/h10-12,27H,3-9H2,1-2H3,(H,24,25). The molecule has 11 heteroatoms. The first-order valence-electron chi connectivity index (χ1n) is 9.30. The van der Waals surface area contributed by atoms with E-state index in [4.69, 9.17) is 0 Å². The third-order valence-electron chi connectivity index (χ3n) is 5.57. The third kappa shape index (κ3) is 4.99. The van der Waals surface area contributed by atoms with Crippen molar-refractivity contribution in [3.63, 3.8) is 0 Å². The number of aliphatic hydroxyl groups is 1. The Morgan fingerprint density at radius 2 is 1.83 bits per heavy atom. The number of carboxylic acids is 1. The van der Waals surface area contributed by atoms with Gasteiger partial charge in [0.15, 0.2) is 0 Å².